The summed E-state index contributed by atoms with van der Waals surface area (Å²) < 4.78 is 25.4. The number of carbonyl (C=O) groups is 1. The van der Waals surface area contributed by atoms with Crippen molar-refractivity contribution in [1.82, 2.24) is 4.90 Å². The molecule has 0 aromatic rings. The predicted octanol–water partition coefficient (Wildman–Crippen LogP) is 5.18. The highest BCUT2D eigenvalue weighted by Gasteiger charge is 2.84. The first kappa shape index (κ1) is 32.8. The number of fused-ring (bicyclic) bond motifs is 4. The summed E-state index contributed by atoms with van der Waals surface area (Å²) in [5.41, 5.74) is -0.869. The highest BCUT2D eigenvalue weighted by molar-refractivity contribution is 5.66. The standard InChI is InChI=1S/C37H61NO7/c1-21-18-23(31(33(5,6)41)43-22(2)39)44-29-28(21)34(7)14-15-37-20-36(37)13-12-26(45-27-19-38(9)16-17-42-27)32(3,4)24(36)10-11-25(37)35(34,8)30(29)40/h21,23-31,40-41H,10-20H2,1-9H3/t21-,23?,24+,25?,26+,27?,28+,29?,30+,31+,34-,35-,36?,37+/m1/s1. The molecule has 7 fully saturated rings. The number of esters is 1. The third-order valence-electron chi connectivity index (χ3n) is 15.6. The van der Waals surface area contributed by atoms with E-state index in [0.717, 1.165) is 39.0 Å². The van der Waals surface area contributed by atoms with Crippen LogP contribution in [0.5, 0.6) is 0 Å². The molecule has 0 radical (unpaired) electrons. The summed E-state index contributed by atoms with van der Waals surface area (Å²) >= 11 is 0. The van der Waals surface area contributed by atoms with Gasteiger partial charge in [0.05, 0.1) is 36.6 Å². The number of hydrogen-bond donors (Lipinski definition) is 2. The quantitative estimate of drug-likeness (QED) is 0.401. The average Bonchev–Trinajstić information content (AvgIpc) is 3.57. The van der Waals surface area contributed by atoms with Gasteiger partial charge < -0.3 is 29.2 Å². The maximum atomic E-state index is 12.5. The Hall–Kier alpha value is -0.770. The van der Waals surface area contributed by atoms with E-state index in [4.69, 9.17) is 18.9 Å². The Morgan fingerprint density at radius 2 is 1.73 bits per heavy atom. The minimum Gasteiger partial charge on any atom is -0.457 e. The number of hydrogen-bond acceptors (Lipinski definition) is 8. The summed E-state index contributed by atoms with van der Waals surface area (Å²) in [5.74, 6) is 1.16. The summed E-state index contributed by atoms with van der Waals surface area (Å²) in [6.45, 7) is 19.4. The van der Waals surface area contributed by atoms with Gasteiger partial charge in [0.25, 0.3) is 0 Å². The van der Waals surface area contributed by atoms with Crippen molar-refractivity contribution in [3.8, 4) is 0 Å². The van der Waals surface area contributed by atoms with Gasteiger partial charge in [0.15, 0.2) is 12.4 Å². The lowest BCUT2D eigenvalue weighted by Gasteiger charge is -2.64. The number of likely N-dealkylation sites (N-methyl/N-ethyl adjacent to an activating group) is 1. The van der Waals surface area contributed by atoms with Gasteiger partial charge in [0.2, 0.25) is 0 Å². The second-order valence-corrected chi connectivity index (χ2v) is 18.4. The Bertz CT molecular complexity index is 1190. The summed E-state index contributed by atoms with van der Waals surface area (Å²) in [5, 5.41) is 23.5. The highest BCUT2D eigenvalue weighted by atomic mass is 16.7. The molecule has 256 valence electrons. The normalized spacial score (nSPS) is 52.8. The first-order valence-corrected chi connectivity index (χ1v) is 18.1. The van der Waals surface area contributed by atoms with Crippen LogP contribution >= 0.6 is 0 Å². The van der Waals surface area contributed by atoms with E-state index in [0.29, 0.717) is 23.7 Å². The molecule has 5 unspecified atom stereocenters. The van der Waals surface area contributed by atoms with Crippen molar-refractivity contribution in [2.45, 2.75) is 149 Å². The van der Waals surface area contributed by atoms with Crippen molar-refractivity contribution in [2.24, 2.45) is 50.7 Å². The van der Waals surface area contributed by atoms with Crippen molar-refractivity contribution in [3.63, 3.8) is 0 Å². The number of morpholine rings is 1. The third kappa shape index (κ3) is 4.40. The molecule has 2 aliphatic heterocycles. The van der Waals surface area contributed by atoms with Crippen LogP contribution in [0.1, 0.15) is 107 Å². The first-order chi connectivity index (χ1) is 20.9. The number of rotatable bonds is 5. The molecule has 14 atom stereocenters. The molecular formula is C37H61NO7. The molecule has 5 saturated carbocycles. The zero-order valence-electron chi connectivity index (χ0n) is 29.4. The SMILES string of the molecule is CC(=O)O[C@@H](C1C[C@@H](C)[C@H]2C(O1)[C@H](O)[C@@]1(C)C3CC[C@H]4C(C)(C)[C@@H](OC5CN(C)CCO5)CCC45C[C@@]35CC[C@]21C)C(C)(C)O. The summed E-state index contributed by atoms with van der Waals surface area (Å²) in [6, 6.07) is 0. The van der Waals surface area contributed by atoms with E-state index in [-0.39, 0.29) is 52.0 Å². The van der Waals surface area contributed by atoms with Crippen LogP contribution in [0.2, 0.25) is 0 Å². The van der Waals surface area contributed by atoms with Gasteiger partial charge in [-0.3, -0.25) is 9.69 Å². The minimum atomic E-state index is -1.25. The van der Waals surface area contributed by atoms with Crippen molar-refractivity contribution in [2.75, 3.05) is 26.7 Å². The first-order valence-electron chi connectivity index (χ1n) is 18.1. The number of aliphatic hydroxyl groups is 2. The zero-order chi connectivity index (χ0) is 32.5. The van der Waals surface area contributed by atoms with Crippen LogP contribution in [0, 0.1) is 50.7 Å². The largest absolute Gasteiger partial charge is 0.457 e. The van der Waals surface area contributed by atoms with Crippen molar-refractivity contribution in [1.29, 1.82) is 0 Å². The van der Waals surface area contributed by atoms with Crippen LogP contribution < -0.4 is 0 Å². The van der Waals surface area contributed by atoms with Crippen LogP contribution in [-0.4, -0.2) is 90.2 Å². The lowest BCUT2D eigenvalue weighted by Crippen LogP contribution is -2.60. The van der Waals surface area contributed by atoms with Crippen LogP contribution in [0.4, 0.5) is 0 Å². The Labute approximate surface area is 271 Å². The number of aliphatic hydroxyl groups excluding tert-OH is 1. The summed E-state index contributed by atoms with van der Waals surface area (Å²) in [6.07, 6.45) is 6.89. The van der Waals surface area contributed by atoms with Crippen LogP contribution in [-0.2, 0) is 23.7 Å². The van der Waals surface area contributed by atoms with E-state index < -0.39 is 29.9 Å². The van der Waals surface area contributed by atoms with Crippen molar-refractivity contribution < 1.29 is 34.0 Å². The fourth-order valence-electron chi connectivity index (χ4n) is 13.6. The molecule has 0 aromatic carbocycles. The Balaban J connectivity index is 1.15. The third-order valence-corrected chi connectivity index (χ3v) is 15.6. The molecule has 0 bridgehead atoms. The molecule has 2 N–H and O–H groups in total. The fourth-order valence-corrected chi connectivity index (χ4v) is 13.6. The molecule has 0 aromatic heterocycles. The minimum absolute atomic E-state index is 0.0418. The van der Waals surface area contributed by atoms with Crippen LogP contribution in [0.3, 0.4) is 0 Å². The topological polar surface area (TPSA) is 97.7 Å². The van der Waals surface area contributed by atoms with Crippen LogP contribution in [0.25, 0.3) is 0 Å². The van der Waals surface area contributed by atoms with E-state index in [1.165, 1.54) is 32.6 Å². The number of ether oxygens (including phenoxy) is 4. The van der Waals surface area contributed by atoms with Gasteiger partial charge in [-0.05, 0) is 118 Å². The average molecular weight is 632 g/mol. The van der Waals surface area contributed by atoms with Crippen molar-refractivity contribution >= 4 is 5.97 Å². The van der Waals surface area contributed by atoms with Gasteiger partial charge >= 0.3 is 5.97 Å². The molecule has 2 spiro atoms. The van der Waals surface area contributed by atoms with Gasteiger partial charge in [-0.2, -0.15) is 0 Å². The molecule has 45 heavy (non-hydrogen) atoms. The second-order valence-electron chi connectivity index (χ2n) is 18.4. The van der Waals surface area contributed by atoms with Gasteiger partial charge in [-0.1, -0.05) is 34.6 Å². The molecule has 2 heterocycles. The maximum absolute atomic E-state index is 12.5. The van der Waals surface area contributed by atoms with E-state index in [1.807, 2.05) is 0 Å². The molecule has 2 saturated heterocycles. The molecule has 5 aliphatic carbocycles. The zero-order valence-corrected chi connectivity index (χ0v) is 29.4. The Morgan fingerprint density at radius 3 is 2.40 bits per heavy atom. The van der Waals surface area contributed by atoms with Gasteiger partial charge in [-0.25, -0.2) is 0 Å². The second kappa shape index (κ2) is 10.4. The van der Waals surface area contributed by atoms with Crippen molar-refractivity contribution in [3.05, 3.63) is 0 Å². The molecule has 7 aliphatic rings. The Morgan fingerprint density at radius 1 is 1.04 bits per heavy atom. The number of nitrogens with zero attached hydrogens (tertiary/aromatic N) is 1. The highest BCUT2D eigenvalue weighted by Crippen LogP contribution is 2.89. The van der Waals surface area contributed by atoms with E-state index >= 15 is 0 Å². The fraction of sp³-hybridized carbons (Fsp3) is 0.973. The lowest BCUT2D eigenvalue weighted by atomic mass is 9.41. The summed E-state index contributed by atoms with van der Waals surface area (Å²) in [7, 11) is 2.15. The van der Waals surface area contributed by atoms with E-state index in [1.54, 1.807) is 13.8 Å². The molecule has 8 nitrogen and oxygen atoms in total. The van der Waals surface area contributed by atoms with Gasteiger partial charge in [-0.15, -0.1) is 0 Å². The Kier molecular flexibility index (Phi) is 7.55. The van der Waals surface area contributed by atoms with E-state index in [2.05, 4.69) is 46.6 Å². The monoisotopic (exact) mass is 631 g/mol. The molecule has 8 heteroatoms. The molecule has 7 rings (SSSR count). The van der Waals surface area contributed by atoms with Gasteiger partial charge in [0, 0.05) is 25.4 Å². The van der Waals surface area contributed by atoms with Gasteiger partial charge in [0.1, 0.15) is 0 Å². The predicted molar refractivity (Wildman–Crippen MR) is 170 cm³/mol. The van der Waals surface area contributed by atoms with Crippen LogP contribution in [0.15, 0.2) is 0 Å². The smallest absolute Gasteiger partial charge is 0.303 e. The summed E-state index contributed by atoms with van der Waals surface area (Å²) in [4.78, 5) is 14.4. The maximum Gasteiger partial charge on any atom is 0.303 e. The number of carbonyl (C=O) groups excluding carboxylic acids is 1. The molecular weight excluding hydrogens is 570 g/mol. The molecule has 0 amide bonds. The lowest BCUT2D eigenvalue weighted by molar-refractivity contribution is -0.247. The van der Waals surface area contributed by atoms with E-state index in [9.17, 15) is 15.0 Å².